The first kappa shape index (κ1) is 11.7. The third kappa shape index (κ3) is 1.74. The van der Waals surface area contributed by atoms with E-state index in [9.17, 15) is 0 Å². The molecule has 3 rings (SSSR count). The van der Waals surface area contributed by atoms with Crippen molar-refractivity contribution in [3.05, 3.63) is 30.1 Å². The van der Waals surface area contributed by atoms with Gasteiger partial charge in [0.1, 0.15) is 5.82 Å². The number of fused-ring (bicyclic) bond motifs is 1. The Morgan fingerprint density at radius 2 is 1.94 bits per heavy atom. The van der Waals surface area contributed by atoms with E-state index in [1.54, 1.807) is 0 Å². The number of hydrogen-bond donors (Lipinski definition) is 1. The van der Waals surface area contributed by atoms with Crippen LogP contribution >= 0.6 is 0 Å². The molecule has 1 saturated carbocycles. The van der Waals surface area contributed by atoms with Crippen LogP contribution in [0.25, 0.3) is 11.0 Å². The Balaban J connectivity index is 2.06. The van der Waals surface area contributed by atoms with Crippen molar-refractivity contribution in [2.45, 2.75) is 38.1 Å². The minimum absolute atomic E-state index is 0.236. The molecule has 0 amide bonds. The third-order valence-electron chi connectivity index (χ3n) is 4.40. The van der Waals surface area contributed by atoms with Gasteiger partial charge in [-0.3, -0.25) is 0 Å². The molecule has 2 N–H and O–H groups in total. The topological polar surface area (TPSA) is 43.8 Å². The van der Waals surface area contributed by atoms with Crippen LogP contribution in [0.3, 0.4) is 0 Å². The fourth-order valence-corrected chi connectivity index (χ4v) is 3.09. The molecule has 1 fully saturated rings. The number of aryl methyl sites for hydroxylation is 1. The fourth-order valence-electron chi connectivity index (χ4n) is 3.09. The lowest BCUT2D eigenvalue weighted by Crippen LogP contribution is -2.42. The van der Waals surface area contributed by atoms with Gasteiger partial charge in [0.2, 0.25) is 0 Å². The summed E-state index contributed by atoms with van der Waals surface area (Å²) < 4.78 is 2.17. The summed E-state index contributed by atoms with van der Waals surface area (Å²) >= 11 is 0. The molecule has 1 aliphatic carbocycles. The SMILES string of the molecule is CC1CCC(N)(c2nc3ccccc3n2C)CC1. The van der Waals surface area contributed by atoms with Gasteiger partial charge in [-0.05, 0) is 43.7 Å². The van der Waals surface area contributed by atoms with Gasteiger partial charge < -0.3 is 10.3 Å². The predicted molar refractivity (Wildman–Crippen MR) is 74.2 cm³/mol. The van der Waals surface area contributed by atoms with Crippen molar-refractivity contribution in [1.29, 1.82) is 0 Å². The van der Waals surface area contributed by atoms with Gasteiger partial charge in [-0.25, -0.2) is 4.98 Å². The Kier molecular flexibility index (Phi) is 2.67. The normalized spacial score (nSPS) is 28.7. The second-order valence-corrected chi connectivity index (χ2v) is 5.82. The van der Waals surface area contributed by atoms with Gasteiger partial charge in [-0.1, -0.05) is 19.1 Å². The van der Waals surface area contributed by atoms with Crippen molar-refractivity contribution < 1.29 is 0 Å². The van der Waals surface area contributed by atoms with Crippen LogP contribution in [0, 0.1) is 5.92 Å². The summed E-state index contributed by atoms with van der Waals surface area (Å²) in [6.45, 7) is 2.31. The zero-order valence-corrected chi connectivity index (χ0v) is 11.2. The maximum absolute atomic E-state index is 6.62. The first-order valence-electron chi connectivity index (χ1n) is 6.81. The minimum atomic E-state index is -0.236. The Labute approximate surface area is 108 Å². The number of aromatic nitrogens is 2. The van der Waals surface area contributed by atoms with Gasteiger partial charge in [0.25, 0.3) is 0 Å². The standard InChI is InChI=1S/C15H21N3/c1-11-7-9-15(16,10-8-11)14-17-12-5-3-4-6-13(12)18(14)2/h3-6,11H,7-10,16H2,1-2H3. The van der Waals surface area contributed by atoms with Gasteiger partial charge in [0.15, 0.2) is 0 Å². The Bertz CT molecular complexity index is 562. The lowest BCUT2D eigenvalue weighted by atomic mass is 9.77. The van der Waals surface area contributed by atoms with E-state index in [-0.39, 0.29) is 5.54 Å². The lowest BCUT2D eigenvalue weighted by molar-refractivity contribution is 0.233. The smallest absolute Gasteiger partial charge is 0.129 e. The first-order valence-corrected chi connectivity index (χ1v) is 6.81. The Morgan fingerprint density at radius 1 is 1.28 bits per heavy atom. The Morgan fingerprint density at radius 3 is 2.61 bits per heavy atom. The minimum Gasteiger partial charge on any atom is -0.330 e. The molecule has 1 heterocycles. The number of imidazole rings is 1. The molecule has 3 heteroatoms. The molecule has 0 spiro atoms. The van der Waals surface area contributed by atoms with Crippen molar-refractivity contribution in [3.8, 4) is 0 Å². The van der Waals surface area contributed by atoms with E-state index in [0.717, 1.165) is 30.1 Å². The quantitative estimate of drug-likeness (QED) is 0.837. The molecule has 96 valence electrons. The lowest BCUT2D eigenvalue weighted by Gasteiger charge is -2.35. The molecule has 18 heavy (non-hydrogen) atoms. The zero-order valence-electron chi connectivity index (χ0n) is 11.2. The van der Waals surface area contributed by atoms with E-state index in [0.29, 0.717) is 0 Å². The van der Waals surface area contributed by atoms with Crippen molar-refractivity contribution in [2.75, 3.05) is 0 Å². The molecule has 1 aromatic heterocycles. The van der Waals surface area contributed by atoms with Crippen LogP contribution in [0.2, 0.25) is 0 Å². The Hall–Kier alpha value is -1.35. The van der Waals surface area contributed by atoms with Crippen molar-refractivity contribution in [2.24, 2.45) is 18.7 Å². The molecule has 2 aromatic rings. The average molecular weight is 243 g/mol. The van der Waals surface area contributed by atoms with Gasteiger partial charge in [-0.2, -0.15) is 0 Å². The van der Waals surface area contributed by atoms with Crippen LogP contribution in [-0.4, -0.2) is 9.55 Å². The summed E-state index contributed by atoms with van der Waals surface area (Å²) in [7, 11) is 2.08. The molecule has 0 bridgehead atoms. The van der Waals surface area contributed by atoms with E-state index < -0.39 is 0 Å². The summed E-state index contributed by atoms with van der Waals surface area (Å²) in [6.07, 6.45) is 4.51. The largest absolute Gasteiger partial charge is 0.330 e. The molecule has 1 aliphatic rings. The molecule has 1 aromatic carbocycles. The van der Waals surface area contributed by atoms with E-state index >= 15 is 0 Å². The molecule has 0 atom stereocenters. The van der Waals surface area contributed by atoms with Crippen LogP contribution in [0.5, 0.6) is 0 Å². The van der Waals surface area contributed by atoms with E-state index in [1.807, 2.05) is 6.07 Å². The third-order valence-corrected chi connectivity index (χ3v) is 4.40. The van der Waals surface area contributed by atoms with Crippen molar-refractivity contribution >= 4 is 11.0 Å². The molecular formula is C15H21N3. The van der Waals surface area contributed by atoms with Crippen molar-refractivity contribution in [3.63, 3.8) is 0 Å². The second kappa shape index (κ2) is 4.09. The highest BCUT2D eigenvalue weighted by Gasteiger charge is 2.35. The highest BCUT2D eigenvalue weighted by Crippen LogP contribution is 2.37. The van der Waals surface area contributed by atoms with Gasteiger partial charge in [0.05, 0.1) is 16.6 Å². The molecule has 0 aliphatic heterocycles. The van der Waals surface area contributed by atoms with Gasteiger partial charge >= 0.3 is 0 Å². The number of nitrogens with two attached hydrogens (primary N) is 1. The van der Waals surface area contributed by atoms with E-state index in [4.69, 9.17) is 10.7 Å². The molecular weight excluding hydrogens is 222 g/mol. The highest BCUT2D eigenvalue weighted by atomic mass is 15.1. The van der Waals surface area contributed by atoms with E-state index in [2.05, 4.69) is 36.7 Å². The highest BCUT2D eigenvalue weighted by molar-refractivity contribution is 5.76. The monoisotopic (exact) mass is 243 g/mol. The average Bonchev–Trinajstić information content (AvgIpc) is 2.72. The number of nitrogens with zero attached hydrogens (tertiary/aromatic N) is 2. The summed E-state index contributed by atoms with van der Waals surface area (Å²) in [5.74, 6) is 1.85. The van der Waals surface area contributed by atoms with Crippen LogP contribution < -0.4 is 5.73 Å². The molecule has 0 saturated heterocycles. The molecule has 3 nitrogen and oxygen atoms in total. The number of benzene rings is 1. The van der Waals surface area contributed by atoms with Crippen LogP contribution in [0.15, 0.2) is 24.3 Å². The maximum Gasteiger partial charge on any atom is 0.129 e. The summed E-state index contributed by atoms with van der Waals surface area (Å²) in [6, 6.07) is 8.26. The van der Waals surface area contributed by atoms with Crippen LogP contribution in [0.4, 0.5) is 0 Å². The number of para-hydroxylation sites is 2. The second-order valence-electron chi connectivity index (χ2n) is 5.82. The number of hydrogen-bond acceptors (Lipinski definition) is 2. The summed E-state index contributed by atoms with van der Waals surface area (Å²) in [5.41, 5.74) is 8.62. The molecule has 0 unspecified atom stereocenters. The molecule has 0 radical (unpaired) electrons. The van der Waals surface area contributed by atoms with Crippen LogP contribution in [-0.2, 0) is 12.6 Å². The van der Waals surface area contributed by atoms with Crippen LogP contribution in [0.1, 0.15) is 38.4 Å². The first-order chi connectivity index (χ1) is 8.60. The van der Waals surface area contributed by atoms with Gasteiger partial charge in [0, 0.05) is 7.05 Å². The maximum atomic E-state index is 6.62. The summed E-state index contributed by atoms with van der Waals surface area (Å²) in [5, 5.41) is 0. The van der Waals surface area contributed by atoms with Gasteiger partial charge in [-0.15, -0.1) is 0 Å². The fraction of sp³-hybridized carbons (Fsp3) is 0.533. The van der Waals surface area contributed by atoms with E-state index in [1.165, 1.54) is 18.4 Å². The zero-order chi connectivity index (χ0) is 12.8. The van der Waals surface area contributed by atoms with Crippen molar-refractivity contribution in [1.82, 2.24) is 9.55 Å². The summed E-state index contributed by atoms with van der Waals surface area (Å²) in [4.78, 5) is 4.77. The number of rotatable bonds is 1. The predicted octanol–water partition coefficient (Wildman–Crippen LogP) is 2.94.